The topological polar surface area (TPSA) is 32.8 Å². The summed E-state index contributed by atoms with van der Waals surface area (Å²) in [6, 6.07) is 15.7. The number of nitrogens with zero attached hydrogens (tertiary/aromatic N) is 2. The molecule has 2 rings (SSSR count). The molecule has 0 bridgehead atoms. The van der Waals surface area contributed by atoms with Crippen LogP contribution in [0, 0.1) is 5.92 Å². The summed E-state index contributed by atoms with van der Waals surface area (Å²) >= 11 is 0. The average Bonchev–Trinajstić information content (AvgIpc) is 2.60. The molecule has 0 aromatic heterocycles. The zero-order valence-corrected chi connectivity index (χ0v) is 15.8. The van der Waals surface area contributed by atoms with Crippen molar-refractivity contribution in [1.29, 1.82) is 0 Å². The lowest BCUT2D eigenvalue weighted by molar-refractivity contribution is -0.117. The molecule has 1 amide bonds. The Morgan fingerprint density at radius 3 is 2.00 bits per heavy atom. The minimum Gasteiger partial charge on any atom is -0.493 e. The summed E-state index contributed by atoms with van der Waals surface area (Å²) in [6.45, 7) is 4.94. The van der Waals surface area contributed by atoms with Crippen LogP contribution in [-0.2, 0) is 11.2 Å². The Labute approximate surface area is 151 Å². The van der Waals surface area contributed by atoms with Crippen molar-refractivity contribution in [1.82, 2.24) is 0 Å². The van der Waals surface area contributed by atoms with Gasteiger partial charge in [0.15, 0.2) is 0 Å². The SMILES string of the molecule is CC(C)COc1ccc(CC(=O)N(C)c2ccc(N(C)C)cc2)cc1. The monoisotopic (exact) mass is 340 g/mol. The molecule has 0 aliphatic heterocycles. The normalized spacial score (nSPS) is 10.6. The number of amides is 1. The lowest BCUT2D eigenvalue weighted by Crippen LogP contribution is -2.27. The van der Waals surface area contributed by atoms with E-state index in [-0.39, 0.29) is 5.91 Å². The molecule has 0 aliphatic rings. The average molecular weight is 340 g/mol. The molecule has 0 atom stereocenters. The van der Waals surface area contributed by atoms with Crippen LogP contribution in [0.2, 0.25) is 0 Å². The van der Waals surface area contributed by atoms with E-state index in [2.05, 4.69) is 13.8 Å². The lowest BCUT2D eigenvalue weighted by atomic mass is 10.1. The second-order valence-electron chi connectivity index (χ2n) is 6.89. The summed E-state index contributed by atoms with van der Waals surface area (Å²) in [6.07, 6.45) is 0.371. The van der Waals surface area contributed by atoms with Crippen LogP contribution in [0.4, 0.5) is 11.4 Å². The van der Waals surface area contributed by atoms with Gasteiger partial charge in [0.25, 0.3) is 0 Å². The second kappa shape index (κ2) is 8.56. The number of carbonyl (C=O) groups excluding carboxylic acids is 1. The smallest absolute Gasteiger partial charge is 0.231 e. The number of carbonyl (C=O) groups is 1. The molecule has 0 N–H and O–H groups in total. The first-order chi connectivity index (χ1) is 11.9. The third-order valence-electron chi connectivity index (χ3n) is 3.99. The highest BCUT2D eigenvalue weighted by Gasteiger charge is 2.12. The van der Waals surface area contributed by atoms with Crippen LogP contribution in [0.1, 0.15) is 19.4 Å². The highest BCUT2D eigenvalue weighted by molar-refractivity contribution is 5.94. The zero-order valence-electron chi connectivity index (χ0n) is 15.8. The molecule has 2 aromatic carbocycles. The van der Waals surface area contributed by atoms with E-state index in [0.717, 1.165) is 22.7 Å². The van der Waals surface area contributed by atoms with Gasteiger partial charge in [-0.2, -0.15) is 0 Å². The number of hydrogen-bond acceptors (Lipinski definition) is 3. The van der Waals surface area contributed by atoms with E-state index in [0.29, 0.717) is 18.9 Å². The third kappa shape index (κ3) is 5.52. The van der Waals surface area contributed by atoms with Crippen molar-refractivity contribution in [2.45, 2.75) is 20.3 Å². The van der Waals surface area contributed by atoms with E-state index in [4.69, 9.17) is 4.74 Å². The fourth-order valence-electron chi connectivity index (χ4n) is 2.38. The fraction of sp³-hybridized carbons (Fsp3) is 0.381. The van der Waals surface area contributed by atoms with Gasteiger partial charge in [0, 0.05) is 32.5 Å². The van der Waals surface area contributed by atoms with Crippen molar-refractivity contribution < 1.29 is 9.53 Å². The molecule has 4 heteroatoms. The third-order valence-corrected chi connectivity index (χ3v) is 3.99. The maximum absolute atomic E-state index is 12.5. The fourth-order valence-corrected chi connectivity index (χ4v) is 2.38. The quantitative estimate of drug-likeness (QED) is 0.764. The van der Waals surface area contributed by atoms with E-state index < -0.39 is 0 Å². The lowest BCUT2D eigenvalue weighted by Gasteiger charge is -2.19. The summed E-state index contributed by atoms with van der Waals surface area (Å²) in [4.78, 5) is 16.2. The standard InChI is InChI=1S/C21H28N2O2/c1-16(2)15-25-20-12-6-17(7-13-20)14-21(24)23(5)19-10-8-18(9-11-19)22(3)4/h6-13,16H,14-15H2,1-5H3. The van der Waals surface area contributed by atoms with Crippen molar-refractivity contribution in [2.75, 3.05) is 37.5 Å². The van der Waals surface area contributed by atoms with Crippen LogP contribution in [0.25, 0.3) is 0 Å². The first-order valence-corrected chi connectivity index (χ1v) is 8.62. The van der Waals surface area contributed by atoms with E-state index in [9.17, 15) is 4.79 Å². The van der Waals surface area contributed by atoms with Crippen LogP contribution in [0.5, 0.6) is 5.75 Å². The van der Waals surface area contributed by atoms with Gasteiger partial charge in [-0.3, -0.25) is 4.79 Å². The molecular weight excluding hydrogens is 312 g/mol. The summed E-state index contributed by atoms with van der Waals surface area (Å²) in [5, 5.41) is 0. The number of hydrogen-bond donors (Lipinski definition) is 0. The maximum Gasteiger partial charge on any atom is 0.231 e. The predicted molar refractivity (Wildman–Crippen MR) is 105 cm³/mol. The van der Waals surface area contributed by atoms with E-state index in [1.54, 1.807) is 4.90 Å². The molecule has 4 nitrogen and oxygen atoms in total. The van der Waals surface area contributed by atoms with Gasteiger partial charge in [0.05, 0.1) is 13.0 Å². The molecule has 0 fully saturated rings. The van der Waals surface area contributed by atoms with Crippen LogP contribution in [0.15, 0.2) is 48.5 Å². The predicted octanol–water partition coefficient (Wildman–Crippen LogP) is 3.99. The van der Waals surface area contributed by atoms with Crippen LogP contribution >= 0.6 is 0 Å². The molecule has 0 spiro atoms. The van der Waals surface area contributed by atoms with Crippen molar-refractivity contribution in [3.63, 3.8) is 0 Å². The largest absolute Gasteiger partial charge is 0.493 e. The van der Waals surface area contributed by atoms with Gasteiger partial charge in [0.1, 0.15) is 5.75 Å². The maximum atomic E-state index is 12.5. The van der Waals surface area contributed by atoms with Crippen molar-refractivity contribution >= 4 is 17.3 Å². The summed E-state index contributed by atoms with van der Waals surface area (Å²) in [5.74, 6) is 1.40. The highest BCUT2D eigenvalue weighted by Crippen LogP contribution is 2.20. The first kappa shape index (κ1) is 18.8. The molecule has 134 valence electrons. The number of ether oxygens (including phenoxy) is 1. The van der Waals surface area contributed by atoms with Gasteiger partial charge in [-0.15, -0.1) is 0 Å². The molecular formula is C21H28N2O2. The highest BCUT2D eigenvalue weighted by atomic mass is 16.5. The Bertz CT molecular complexity index is 676. The van der Waals surface area contributed by atoms with Crippen molar-refractivity contribution in [2.24, 2.45) is 5.92 Å². The number of likely N-dealkylation sites (N-methyl/N-ethyl adjacent to an activating group) is 1. The van der Waals surface area contributed by atoms with Gasteiger partial charge >= 0.3 is 0 Å². The molecule has 0 aliphatic carbocycles. The molecule has 0 radical (unpaired) electrons. The van der Waals surface area contributed by atoms with Crippen LogP contribution in [0.3, 0.4) is 0 Å². The number of rotatable bonds is 7. The van der Waals surface area contributed by atoms with Crippen LogP contribution < -0.4 is 14.5 Å². The Morgan fingerprint density at radius 1 is 0.920 bits per heavy atom. The Hall–Kier alpha value is -2.49. The van der Waals surface area contributed by atoms with E-state index in [1.165, 1.54) is 0 Å². The van der Waals surface area contributed by atoms with E-state index >= 15 is 0 Å². The van der Waals surface area contributed by atoms with Gasteiger partial charge < -0.3 is 14.5 Å². The summed E-state index contributed by atoms with van der Waals surface area (Å²) < 4.78 is 5.68. The van der Waals surface area contributed by atoms with Gasteiger partial charge in [-0.05, 0) is 47.9 Å². The number of benzene rings is 2. The number of anilines is 2. The molecule has 2 aromatic rings. The van der Waals surface area contributed by atoms with Crippen molar-refractivity contribution in [3.05, 3.63) is 54.1 Å². The molecule has 25 heavy (non-hydrogen) atoms. The molecule has 0 saturated carbocycles. The second-order valence-corrected chi connectivity index (χ2v) is 6.89. The van der Waals surface area contributed by atoms with E-state index in [1.807, 2.05) is 74.6 Å². The van der Waals surface area contributed by atoms with Gasteiger partial charge in [0.2, 0.25) is 5.91 Å². The zero-order chi connectivity index (χ0) is 18.4. The summed E-state index contributed by atoms with van der Waals surface area (Å²) in [5.41, 5.74) is 2.99. The Kier molecular flexibility index (Phi) is 6.45. The van der Waals surface area contributed by atoms with Gasteiger partial charge in [-0.1, -0.05) is 26.0 Å². The minimum absolute atomic E-state index is 0.0634. The molecule has 0 unspecified atom stereocenters. The Morgan fingerprint density at radius 2 is 1.48 bits per heavy atom. The minimum atomic E-state index is 0.0634. The molecule has 0 saturated heterocycles. The molecule has 0 heterocycles. The first-order valence-electron chi connectivity index (χ1n) is 8.62. The Balaban J connectivity index is 1.96. The van der Waals surface area contributed by atoms with Crippen molar-refractivity contribution in [3.8, 4) is 5.75 Å². The van der Waals surface area contributed by atoms with Crippen LogP contribution in [-0.4, -0.2) is 33.7 Å². The summed E-state index contributed by atoms with van der Waals surface area (Å²) in [7, 11) is 5.81. The van der Waals surface area contributed by atoms with Gasteiger partial charge in [-0.25, -0.2) is 0 Å².